The molecule has 0 saturated heterocycles. The number of hydrogen-bond acceptors (Lipinski definition) is 0. The third-order valence-corrected chi connectivity index (χ3v) is 9.20. The Morgan fingerprint density at radius 3 is 0.850 bits per heavy atom. The summed E-state index contributed by atoms with van der Waals surface area (Å²) in [5.41, 5.74) is 5.32. The predicted octanol–water partition coefficient (Wildman–Crippen LogP) is 7.14. The van der Waals surface area contributed by atoms with Gasteiger partial charge < -0.3 is 0 Å². The second kappa shape index (κ2) is 6.23. The predicted molar refractivity (Wildman–Crippen MR) is 99.6 cm³/mol. The number of alkyl halides is 4. The van der Waals surface area contributed by atoms with Crippen molar-refractivity contribution in [2.24, 2.45) is 0 Å². The summed E-state index contributed by atoms with van der Waals surface area (Å²) in [6.45, 7) is 0. The zero-order valence-electron chi connectivity index (χ0n) is 10.4. The molecular formula is C16H12Br4. The van der Waals surface area contributed by atoms with Crippen LogP contribution in [0.3, 0.4) is 0 Å². The van der Waals surface area contributed by atoms with Crippen molar-refractivity contribution < 1.29 is 0 Å². The Labute approximate surface area is 152 Å². The molecule has 0 fully saturated rings. The van der Waals surface area contributed by atoms with Gasteiger partial charge in [0, 0.05) is 0 Å². The van der Waals surface area contributed by atoms with Crippen molar-refractivity contribution in [1.29, 1.82) is 0 Å². The van der Waals surface area contributed by atoms with E-state index in [2.05, 4.69) is 112 Å². The summed E-state index contributed by atoms with van der Waals surface area (Å²) in [4.78, 5) is 1.000. The lowest BCUT2D eigenvalue weighted by Crippen LogP contribution is -2.13. The minimum atomic E-state index is 0.250. The van der Waals surface area contributed by atoms with Crippen molar-refractivity contribution in [2.45, 2.75) is 19.3 Å². The lowest BCUT2D eigenvalue weighted by molar-refractivity contribution is 0.820. The van der Waals surface area contributed by atoms with E-state index in [-0.39, 0.29) is 19.3 Å². The topological polar surface area (TPSA) is 0 Å². The molecule has 0 aliphatic heterocycles. The zero-order valence-corrected chi connectivity index (χ0v) is 16.8. The molecule has 4 heteroatoms. The van der Waals surface area contributed by atoms with Crippen LogP contribution in [-0.4, -0.2) is 0 Å². The summed E-state index contributed by atoms with van der Waals surface area (Å²) in [5.74, 6) is 0. The molecule has 0 N–H and O–H groups in total. The minimum Gasteiger partial charge on any atom is -0.0823 e. The molecule has 2 aromatic carbocycles. The number of hydrogen-bond donors (Lipinski definition) is 0. The Morgan fingerprint density at radius 1 is 0.450 bits per heavy atom. The monoisotopic (exact) mass is 520 g/mol. The van der Waals surface area contributed by atoms with E-state index in [1.54, 1.807) is 0 Å². The Balaban J connectivity index is 2.22. The summed E-state index contributed by atoms with van der Waals surface area (Å²) in [7, 11) is 0. The fourth-order valence-electron chi connectivity index (χ4n) is 2.66. The van der Waals surface area contributed by atoms with Crippen LogP contribution >= 0.6 is 63.7 Å². The van der Waals surface area contributed by atoms with Gasteiger partial charge in [-0.05, 0) is 22.3 Å². The van der Waals surface area contributed by atoms with Gasteiger partial charge in [0.1, 0.15) is 0 Å². The molecule has 4 atom stereocenters. The van der Waals surface area contributed by atoms with Crippen LogP contribution in [0.25, 0.3) is 0 Å². The Bertz CT molecular complexity index is 516. The molecule has 4 unspecified atom stereocenters. The molecule has 1 aliphatic rings. The van der Waals surface area contributed by atoms with E-state index in [0.29, 0.717) is 0 Å². The van der Waals surface area contributed by atoms with Gasteiger partial charge in [0.05, 0.1) is 19.3 Å². The van der Waals surface area contributed by atoms with E-state index in [9.17, 15) is 0 Å². The van der Waals surface area contributed by atoms with E-state index < -0.39 is 0 Å². The highest BCUT2D eigenvalue weighted by atomic mass is 79.9. The Hall–Kier alpha value is 0.360. The normalized spacial score (nSPS) is 29.0. The number of halogens is 4. The first-order valence-electron chi connectivity index (χ1n) is 6.35. The third-order valence-electron chi connectivity index (χ3n) is 3.69. The van der Waals surface area contributed by atoms with Crippen LogP contribution in [0, 0.1) is 0 Å². The molecule has 0 nitrogen and oxygen atoms in total. The van der Waals surface area contributed by atoms with Gasteiger partial charge in [-0.15, -0.1) is 0 Å². The first kappa shape index (κ1) is 15.3. The maximum absolute atomic E-state index is 3.87. The van der Waals surface area contributed by atoms with Crippen molar-refractivity contribution >= 4 is 63.7 Å². The maximum atomic E-state index is 3.87. The summed E-state index contributed by atoms with van der Waals surface area (Å²) < 4.78 is 0. The fraction of sp³-hybridized carbons (Fsp3) is 0.250. The maximum Gasteiger partial charge on any atom is 0.0564 e. The number of benzene rings is 2. The van der Waals surface area contributed by atoms with Crippen LogP contribution in [0.5, 0.6) is 0 Å². The molecule has 1 aliphatic carbocycles. The molecule has 0 saturated carbocycles. The number of fused-ring (bicyclic) bond motifs is 2. The van der Waals surface area contributed by atoms with E-state index in [1.807, 2.05) is 0 Å². The highest BCUT2D eigenvalue weighted by molar-refractivity contribution is 9.12. The second-order valence-corrected chi connectivity index (χ2v) is 8.81. The average molecular weight is 524 g/mol. The highest BCUT2D eigenvalue weighted by Crippen LogP contribution is 2.54. The van der Waals surface area contributed by atoms with Crippen LogP contribution < -0.4 is 0 Å². The van der Waals surface area contributed by atoms with Crippen LogP contribution in [0.2, 0.25) is 0 Å². The smallest absolute Gasteiger partial charge is 0.0564 e. The average Bonchev–Trinajstić information content (AvgIpc) is 2.51. The van der Waals surface area contributed by atoms with Gasteiger partial charge in [0.15, 0.2) is 0 Å². The lowest BCUT2D eigenvalue weighted by atomic mass is 9.89. The molecule has 3 rings (SSSR count). The molecule has 0 amide bonds. The molecule has 0 radical (unpaired) electrons. The van der Waals surface area contributed by atoms with Gasteiger partial charge in [-0.2, -0.15) is 0 Å². The van der Waals surface area contributed by atoms with E-state index >= 15 is 0 Å². The Morgan fingerprint density at radius 2 is 0.650 bits per heavy atom. The summed E-state index contributed by atoms with van der Waals surface area (Å²) >= 11 is 15.5. The quantitative estimate of drug-likeness (QED) is 0.322. The highest BCUT2D eigenvalue weighted by Gasteiger charge is 2.33. The molecule has 104 valence electrons. The van der Waals surface area contributed by atoms with Crippen LogP contribution in [0.4, 0.5) is 0 Å². The third kappa shape index (κ3) is 2.57. The fourth-order valence-corrected chi connectivity index (χ4v) is 5.46. The standard InChI is InChI=1S/C16H12Br4/c17-13-9-5-1-2-6-10(9)14(18)16(20)12-8-4-3-7-11(12)15(13)19/h1-8,13-16H. The molecule has 0 spiro atoms. The summed E-state index contributed by atoms with van der Waals surface area (Å²) in [6, 6.07) is 17.2. The Kier molecular flexibility index (Phi) is 4.76. The van der Waals surface area contributed by atoms with Gasteiger partial charge in [0.25, 0.3) is 0 Å². The van der Waals surface area contributed by atoms with E-state index in [0.717, 1.165) is 0 Å². The SMILES string of the molecule is BrC1c2ccccc2C(Br)C(Br)c2ccccc2C1Br. The largest absolute Gasteiger partial charge is 0.0823 e. The first-order valence-corrected chi connectivity index (χ1v) is 10.0. The zero-order chi connectivity index (χ0) is 14.3. The minimum absolute atomic E-state index is 0.250. The molecule has 0 bridgehead atoms. The van der Waals surface area contributed by atoms with Gasteiger partial charge >= 0.3 is 0 Å². The van der Waals surface area contributed by atoms with E-state index in [4.69, 9.17) is 0 Å². The van der Waals surface area contributed by atoms with Crippen molar-refractivity contribution in [3.8, 4) is 0 Å². The molecule has 0 aromatic heterocycles. The van der Waals surface area contributed by atoms with Gasteiger partial charge in [-0.3, -0.25) is 0 Å². The molecule has 0 heterocycles. The van der Waals surface area contributed by atoms with Crippen LogP contribution in [0.1, 0.15) is 41.6 Å². The first-order chi connectivity index (χ1) is 9.61. The molecule has 2 aromatic rings. The molecular weight excluding hydrogens is 512 g/mol. The summed E-state index contributed by atoms with van der Waals surface area (Å²) in [5, 5.41) is 0. The van der Waals surface area contributed by atoms with Crippen LogP contribution in [0.15, 0.2) is 48.5 Å². The van der Waals surface area contributed by atoms with Crippen molar-refractivity contribution in [3.63, 3.8) is 0 Å². The van der Waals surface area contributed by atoms with E-state index in [1.165, 1.54) is 22.3 Å². The van der Waals surface area contributed by atoms with Crippen molar-refractivity contribution in [3.05, 3.63) is 70.8 Å². The molecule has 20 heavy (non-hydrogen) atoms. The van der Waals surface area contributed by atoms with Crippen molar-refractivity contribution in [1.82, 2.24) is 0 Å². The van der Waals surface area contributed by atoms with Crippen LogP contribution in [-0.2, 0) is 0 Å². The lowest BCUT2D eigenvalue weighted by Gasteiger charge is -2.31. The van der Waals surface area contributed by atoms with Gasteiger partial charge in [0.2, 0.25) is 0 Å². The van der Waals surface area contributed by atoms with Gasteiger partial charge in [-0.25, -0.2) is 0 Å². The van der Waals surface area contributed by atoms with Gasteiger partial charge in [-0.1, -0.05) is 112 Å². The number of rotatable bonds is 0. The second-order valence-electron chi connectivity index (χ2n) is 4.86. The summed E-state index contributed by atoms with van der Waals surface area (Å²) in [6.07, 6.45) is 0. The van der Waals surface area contributed by atoms with Crippen molar-refractivity contribution in [2.75, 3.05) is 0 Å².